The summed E-state index contributed by atoms with van der Waals surface area (Å²) in [6.07, 6.45) is 5.95. The van der Waals surface area contributed by atoms with Crippen molar-refractivity contribution in [2.75, 3.05) is 45.9 Å². The Bertz CT molecular complexity index is 309. The zero-order valence-electron chi connectivity index (χ0n) is 13.9. The van der Waals surface area contributed by atoms with Crippen molar-refractivity contribution in [3.05, 3.63) is 0 Å². The molecule has 122 valence electrons. The van der Waals surface area contributed by atoms with Crippen LogP contribution in [0.2, 0.25) is 0 Å². The third kappa shape index (κ3) is 4.19. The first-order valence-corrected chi connectivity index (χ1v) is 9.04. The summed E-state index contributed by atoms with van der Waals surface area (Å²) in [6, 6.07) is 1.46. The second-order valence-electron chi connectivity index (χ2n) is 7.42. The molecule has 0 aromatic rings. The maximum Gasteiger partial charge on any atom is 0.0829 e. The Labute approximate surface area is 130 Å². The van der Waals surface area contributed by atoms with Crippen LogP contribution >= 0.6 is 0 Å². The minimum atomic E-state index is 0.419. The quantitative estimate of drug-likeness (QED) is 0.852. The smallest absolute Gasteiger partial charge is 0.0829 e. The second-order valence-corrected chi connectivity index (χ2v) is 7.42. The van der Waals surface area contributed by atoms with Crippen LogP contribution in [0.3, 0.4) is 0 Å². The van der Waals surface area contributed by atoms with Gasteiger partial charge in [0.05, 0.1) is 12.7 Å². The van der Waals surface area contributed by atoms with E-state index in [0.717, 1.165) is 38.2 Å². The lowest BCUT2D eigenvalue weighted by atomic mass is 9.88. The molecule has 0 aromatic carbocycles. The van der Waals surface area contributed by atoms with E-state index in [9.17, 15) is 0 Å². The van der Waals surface area contributed by atoms with Crippen LogP contribution in [0.15, 0.2) is 0 Å². The number of hydrogen-bond acceptors (Lipinski definition) is 4. The first kappa shape index (κ1) is 15.7. The van der Waals surface area contributed by atoms with Crippen LogP contribution in [0, 0.1) is 5.92 Å². The number of nitrogens with one attached hydrogen (secondary N) is 1. The first-order valence-electron chi connectivity index (χ1n) is 9.04. The van der Waals surface area contributed by atoms with Crippen molar-refractivity contribution in [1.29, 1.82) is 0 Å². The molecule has 3 heterocycles. The predicted octanol–water partition coefficient (Wildman–Crippen LogP) is 1.56. The lowest BCUT2D eigenvalue weighted by Gasteiger charge is -2.40. The Kier molecular flexibility index (Phi) is 5.54. The average Bonchev–Trinajstić information content (AvgIpc) is 3.02. The lowest BCUT2D eigenvalue weighted by molar-refractivity contribution is -0.0555. The van der Waals surface area contributed by atoms with E-state index in [4.69, 9.17) is 4.74 Å². The van der Waals surface area contributed by atoms with Gasteiger partial charge in [0.1, 0.15) is 0 Å². The third-order valence-electron chi connectivity index (χ3n) is 5.66. The first-order chi connectivity index (χ1) is 10.2. The van der Waals surface area contributed by atoms with Gasteiger partial charge in [-0.2, -0.15) is 0 Å². The molecule has 3 aliphatic heterocycles. The number of piperidine rings is 1. The molecule has 0 saturated carbocycles. The van der Waals surface area contributed by atoms with E-state index in [1.165, 1.54) is 45.3 Å². The molecule has 2 unspecified atom stereocenters. The molecular weight excluding hydrogens is 262 g/mol. The van der Waals surface area contributed by atoms with Gasteiger partial charge in [0.25, 0.3) is 0 Å². The molecule has 0 radical (unpaired) electrons. The van der Waals surface area contributed by atoms with Gasteiger partial charge in [-0.25, -0.2) is 0 Å². The summed E-state index contributed by atoms with van der Waals surface area (Å²) in [5, 5.41) is 3.69. The summed E-state index contributed by atoms with van der Waals surface area (Å²) in [5.41, 5.74) is 0. The van der Waals surface area contributed by atoms with Crippen LogP contribution in [-0.2, 0) is 4.74 Å². The van der Waals surface area contributed by atoms with Crippen LogP contribution in [-0.4, -0.2) is 73.9 Å². The van der Waals surface area contributed by atoms with Crippen LogP contribution in [0.25, 0.3) is 0 Å². The minimum Gasteiger partial charge on any atom is -0.374 e. The van der Waals surface area contributed by atoms with Gasteiger partial charge in [0.15, 0.2) is 0 Å². The van der Waals surface area contributed by atoms with Gasteiger partial charge >= 0.3 is 0 Å². The van der Waals surface area contributed by atoms with E-state index >= 15 is 0 Å². The van der Waals surface area contributed by atoms with Gasteiger partial charge in [0, 0.05) is 31.7 Å². The zero-order valence-corrected chi connectivity index (χ0v) is 13.9. The summed E-state index contributed by atoms with van der Waals surface area (Å²) in [5.74, 6) is 0.920. The fourth-order valence-electron chi connectivity index (χ4n) is 4.26. The Balaban J connectivity index is 1.40. The number of morpholine rings is 1. The molecule has 0 bridgehead atoms. The predicted molar refractivity (Wildman–Crippen MR) is 86.6 cm³/mol. The molecule has 2 atom stereocenters. The second kappa shape index (κ2) is 7.40. The summed E-state index contributed by atoms with van der Waals surface area (Å²) >= 11 is 0. The summed E-state index contributed by atoms with van der Waals surface area (Å²) in [4.78, 5) is 5.20. The topological polar surface area (TPSA) is 27.7 Å². The van der Waals surface area contributed by atoms with E-state index < -0.39 is 0 Å². The monoisotopic (exact) mass is 295 g/mol. The summed E-state index contributed by atoms with van der Waals surface area (Å²) in [7, 11) is 0. The van der Waals surface area contributed by atoms with Crippen molar-refractivity contribution in [3.8, 4) is 0 Å². The Morgan fingerprint density at radius 2 is 1.95 bits per heavy atom. The van der Waals surface area contributed by atoms with Crippen LogP contribution in [0.5, 0.6) is 0 Å². The largest absolute Gasteiger partial charge is 0.374 e. The zero-order chi connectivity index (χ0) is 14.7. The Morgan fingerprint density at radius 1 is 1.14 bits per heavy atom. The highest BCUT2D eigenvalue weighted by Gasteiger charge is 2.30. The van der Waals surface area contributed by atoms with Crippen molar-refractivity contribution in [2.45, 2.75) is 57.7 Å². The molecule has 0 aromatic heterocycles. The van der Waals surface area contributed by atoms with Gasteiger partial charge in [-0.3, -0.25) is 4.90 Å². The maximum absolute atomic E-state index is 5.99. The minimum absolute atomic E-state index is 0.419. The van der Waals surface area contributed by atoms with Crippen molar-refractivity contribution in [1.82, 2.24) is 15.1 Å². The fourth-order valence-corrected chi connectivity index (χ4v) is 4.26. The summed E-state index contributed by atoms with van der Waals surface area (Å²) in [6.45, 7) is 12.6. The van der Waals surface area contributed by atoms with Crippen molar-refractivity contribution in [3.63, 3.8) is 0 Å². The molecule has 0 aliphatic carbocycles. The van der Waals surface area contributed by atoms with Crippen molar-refractivity contribution in [2.24, 2.45) is 5.92 Å². The van der Waals surface area contributed by atoms with E-state index in [2.05, 4.69) is 29.0 Å². The molecule has 3 saturated heterocycles. The highest BCUT2D eigenvalue weighted by molar-refractivity contribution is 4.86. The number of likely N-dealkylation sites (tertiary alicyclic amines) is 1. The lowest BCUT2D eigenvalue weighted by Crippen LogP contribution is -2.51. The Morgan fingerprint density at radius 3 is 2.62 bits per heavy atom. The molecule has 0 spiro atoms. The van der Waals surface area contributed by atoms with Gasteiger partial charge in [-0.05, 0) is 65.1 Å². The molecule has 1 N–H and O–H groups in total. The van der Waals surface area contributed by atoms with E-state index in [1.807, 2.05) is 0 Å². The normalized spacial score (nSPS) is 33.9. The maximum atomic E-state index is 5.99. The molecule has 4 heteroatoms. The van der Waals surface area contributed by atoms with Crippen molar-refractivity contribution < 1.29 is 4.74 Å². The van der Waals surface area contributed by atoms with E-state index in [1.54, 1.807) is 0 Å². The SMILES string of the molecule is CC(C)N1CCOC(CN2CCC(C3CCCN3)CC2)C1. The van der Waals surface area contributed by atoms with Gasteiger partial charge < -0.3 is 15.0 Å². The summed E-state index contributed by atoms with van der Waals surface area (Å²) < 4.78 is 5.99. The Hall–Kier alpha value is -0.160. The molecule has 3 fully saturated rings. The number of ether oxygens (including phenoxy) is 1. The van der Waals surface area contributed by atoms with Gasteiger partial charge in [-0.15, -0.1) is 0 Å². The molecule has 0 amide bonds. The fraction of sp³-hybridized carbons (Fsp3) is 1.00. The highest BCUT2D eigenvalue weighted by atomic mass is 16.5. The molecule has 3 aliphatic rings. The highest BCUT2D eigenvalue weighted by Crippen LogP contribution is 2.26. The van der Waals surface area contributed by atoms with Gasteiger partial charge in [-0.1, -0.05) is 0 Å². The van der Waals surface area contributed by atoms with Crippen LogP contribution in [0.4, 0.5) is 0 Å². The van der Waals surface area contributed by atoms with Gasteiger partial charge in [0.2, 0.25) is 0 Å². The van der Waals surface area contributed by atoms with Crippen LogP contribution < -0.4 is 5.32 Å². The molecule has 3 rings (SSSR count). The average molecular weight is 295 g/mol. The third-order valence-corrected chi connectivity index (χ3v) is 5.66. The number of hydrogen-bond donors (Lipinski definition) is 1. The van der Waals surface area contributed by atoms with E-state index in [0.29, 0.717) is 12.1 Å². The van der Waals surface area contributed by atoms with Crippen molar-refractivity contribution >= 4 is 0 Å². The molecule has 4 nitrogen and oxygen atoms in total. The van der Waals surface area contributed by atoms with Crippen LogP contribution in [0.1, 0.15) is 39.5 Å². The standard InChI is InChI=1S/C17H33N3O/c1-14(2)20-10-11-21-16(13-20)12-19-8-5-15(6-9-19)17-4-3-7-18-17/h14-18H,3-13H2,1-2H3. The van der Waals surface area contributed by atoms with E-state index in [-0.39, 0.29) is 0 Å². The number of nitrogens with zero attached hydrogens (tertiary/aromatic N) is 2. The molecular formula is C17H33N3O. The number of rotatable bonds is 4. The molecule has 21 heavy (non-hydrogen) atoms.